The van der Waals surface area contributed by atoms with E-state index in [2.05, 4.69) is 15.1 Å². The molecule has 2 heterocycles. The fourth-order valence-electron chi connectivity index (χ4n) is 3.16. The lowest BCUT2D eigenvalue weighted by molar-refractivity contribution is 0.384. The van der Waals surface area contributed by atoms with Crippen LogP contribution in [0.15, 0.2) is 23.1 Å². The van der Waals surface area contributed by atoms with E-state index in [1.807, 2.05) is 25.1 Å². The first-order valence-electron chi connectivity index (χ1n) is 7.84. The van der Waals surface area contributed by atoms with Gasteiger partial charge in [0.25, 0.3) is 0 Å². The Kier molecular flexibility index (Phi) is 4.59. The lowest BCUT2D eigenvalue weighted by atomic mass is 10.1. The van der Waals surface area contributed by atoms with E-state index in [-0.39, 0.29) is 0 Å². The van der Waals surface area contributed by atoms with Gasteiger partial charge in [-0.05, 0) is 38.5 Å². The number of piperazine rings is 1. The monoisotopic (exact) mass is 368 g/mol. The van der Waals surface area contributed by atoms with Gasteiger partial charge in [-0.15, -0.1) is 0 Å². The summed E-state index contributed by atoms with van der Waals surface area (Å²) in [4.78, 5) is 2.48. The first-order chi connectivity index (χ1) is 11.3. The summed E-state index contributed by atoms with van der Waals surface area (Å²) in [5, 5.41) is 7.48. The molecule has 0 atom stereocenters. The molecule has 0 amide bonds. The van der Waals surface area contributed by atoms with Gasteiger partial charge in [0.05, 0.1) is 11.4 Å². The minimum atomic E-state index is -3.52. The number of sulfonamides is 1. The SMILES string of the molecule is Cc1n[nH]c(C)c1S(=O)(=O)N1CCN(c2cccc(Cl)c2C)CC1. The third-order valence-electron chi connectivity index (χ3n) is 4.48. The molecule has 0 spiro atoms. The van der Waals surface area contributed by atoms with Crippen LogP contribution in [0.4, 0.5) is 5.69 Å². The lowest BCUT2D eigenvalue weighted by Crippen LogP contribution is -2.49. The van der Waals surface area contributed by atoms with Gasteiger partial charge in [0.1, 0.15) is 4.90 Å². The maximum absolute atomic E-state index is 12.9. The van der Waals surface area contributed by atoms with Gasteiger partial charge in [-0.1, -0.05) is 17.7 Å². The quantitative estimate of drug-likeness (QED) is 0.903. The van der Waals surface area contributed by atoms with Gasteiger partial charge in [-0.2, -0.15) is 9.40 Å². The van der Waals surface area contributed by atoms with Crippen molar-refractivity contribution in [1.29, 1.82) is 0 Å². The van der Waals surface area contributed by atoms with Crippen LogP contribution in [0.3, 0.4) is 0 Å². The molecule has 24 heavy (non-hydrogen) atoms. The number of halogens is 1. The number of aromatic amines is 1. The molecule has 8 heteroatoms. The van der Waals surface area contributed by atoms with E-state index in [1.54, 1.807) is 13.8 Å². The average molecular weight is 369 g/mol. The number of aryl methyl sites for hydroxylation is 2. The largest absolute Gasteiger partial charge is 0.369 e. The van der Waals surface area contributed by atoms with Crippen molar-refractivity contribution >= 4 is 27.3 Å². The number of rotatable bonds is 3. The third-order valence-corrected chi connectivity index (χ3v) is 7.05. The Balaban J connectivity index is 1.79. The van der Waals surface area contributed by atoms with Crippen LogP contribution in [0.2, 0.25) is 5.02 Å². The number of hydrogen-bond donors (Lipinski definition) is 1. The fourth-order valence-corrected chi connectivity index (χ4v) is 5.08. The molecule has 6 nitrogen and oxygen atoms in total. The van der Waals surface area contributed by atoms with Crippen molar-refractivity contribution in [3.8, 4) is 0 Å². The molecule has 1 aliphatic heterocycles. The van der Waals surface area contributed by atoms with Crippen LogP contribution < -0.4 is 4.90 Å². The van der Waals surface area contributed by atoms with Crippen LogP contribution >= 0.6 is 11.6 Å². The number of aromatic nitrogens is 2. The summed E-state index contributed by atoms with van der Waals surface area (Å²) < 4.78 is 27.3. The predicted octanol–water partition coefficient (Wildman–Crippen LogP) is 2.50. The first kappa shape index (κ1) is 17.3. The zero-order chi connectivity index (χ0) is 17.5. The molecule has 1 N–H and O–H groups in total. The summed E-state index contributed by atoms with van der Waals surface area (Å²) in [7, 11) is -3.52. The Bertz CT molecular complexity index is 835. The van der Waals surface area contributed by atoms with Gasteiger partial charge in [-0.3, -0.25) is 5.10 Å². The molecule has 0 saturated carbocycles. The number of nitrogens with zero attached hydrogens (tertiary/aromatic N) is 3. The Morgan fingerprint density at radius 2 is 1.79 bits per heavy atom. The van der Waals surface area contributed by atoms with Crippen molar-refractivity contribution in [2.24, 2.45) is 0 Å². The van der Waals surface area contributed by atoms with E-state index in [1.165, 1.54) is 4.31 Å². The molecule has 1 aromatic carbocycles. The second-order valence-electron chi connectivity index (χ2n) is 6.04. The summed E-state index contributed by atoms with van der Waals surface area (Å²) in [6.07, 6.45) is 0. The lowest BCUT2D eigenvalue weighted by Gasteiger charge is -2.36. The van der Waals surface area contributed by atoms with Gasteiger partial charge in [0.15, 0.2) is 0 Å². The molecule has 0 radical (unpaired) electrons. The maximum Gasteiger partial charge on any atom is 0.246 e. The zero-order valence-corrected chi connectivity index (χ0v) is 15.6. The smallest absolute Gasteiger partial charge is 0.246 e. The minimum Gasteiger partial charge on any atom is -0.369 e. The highest BCUT2D eigenvalue weighted by Crippen LogP contribution is 2.29. The molecule has 3 rings (SSSR count). The van der Waals surface area contributed by atoms with E-state index in [0.717, 1.165) is 16.3 Å². The van der Waals surface area contributed by atoms with Crippen molar-refractivity contribution in [2.45, 2.75) is 25.7 Å². The molecular weight excluding hydrogens is 348 g/mol. The average Bonchev–Trinajstić information content (AvgIpc) is 2.89. The van der Waals surface area contributed by atoms with E-state index < -0.39 is 10.0 Å². The highest BCUT2D eigenvalue weighted by atomic mass is 35.5. The molecule has 1 aromatic heterocycles. The molecule has 1 saturated heterocycles. The topological polar surface area (TPSA) is 69.3 Å². The summed E-state index contributed by atoms with van der Waals surface area (Å²) in [6.45, 7) is 7.59. The summed E-state index contributed by atoms with van der Waals surface area (Å²) in [5.41, 5.74) is 3.19. The van der Waals surface area contributed by atoms with Crippen molar-refractivity contribution in [3.63, 3.8) is 0 Å². The molecule has 1 fully saturated rings. The van der Waals surface area contributed by atoms with Crippen LogP contribution in [0.1, 0.15) is 17.0 Å². The fraction of sp³-hybridized carbons (Fsp3) is 0.438. The van der Waals surface area contributed by atoms with Crippen LogP contribution in [-0.2, 0) is 10.0 Å². The van der Waals surface area contributed by atoms with E-state index in [9.17, 15) is 8.42 Å². The minimum absolute atomic E-state index is 0.301. The summed E-state index contributed by atoms with van der Waals surface area (Å²) in [5.74, 6) is 0. The molecule has 0 aliphatic carbocycles. The van der Waals surface area contributed by atoms with E-state index in [0.29, 0.717) is 42.5 Å². The second-order valence-corrected chi connectivity index (χ2v) is 8.32. The van der Waals surface area contributed by atoms with E-state index in [4.69, 9.17) is 11.6 Å². The maximum atomic E-state index is 12.9. The first-order valence-corrected chi connectivity index (χ1v) is 9.66. The normalized spacial score (nSPS) is 16.6. The molecule has 0 bridgehead atoms. The Morgan fingerprint density at radius 1 is 1.12 bits per heavy atom. The van der Waals surface area contributed by atoms with Crippen LogP contribution in [0.25, 0.3) is 0 Å². The van der Waals surface area contributed by atoms with Crippen molar-refractivity contribution in [2.75, 3.05) is 31.1 Å². The van der Waals surface area contributed by atoms with Gasteiger partial charge in [-0.25, -0.2) is 8.42 Å². The standard InChI is InChI=1S/C16H21ClN4O2S/c1-11-14(17)5-4-6-15(11)20-7-9-21(10-8-20)24(22,23)16-12(2)18-19-13(16)3/h4-6H,7-10H2,1-3H3,(H,18,19). The molecule has 2 aromatic rings. The highest BCUT2D eigenvalue weighted by Gasteiger charge is 2.32. The molecule has 0 unspecified atom stereocenters. The second kappa shape index (κ2) is 6.38. The van der Waals surface area contributed by atoms with Crippen molar-refractivity contribution in [3.05, 3.63) is 40.2 Å². The van der Waals surface area contributed by atoms with Gasteiger partial charge in [0, 0.05) is 36.9 Å². The van der Waals surface area contributed by atoms with Crippen LogP contribution in [-0.4, -0.2) is 49.1 Å². The van der Waals surface area contributed by atoms with Crippen LogP contribution in [0, 0.1) is 20.8 Å². The van der Waals surface area contributed by atoms with Crippen molar-refractivity contribution < 1.29 is 8.42 Å². The molecular formula is C16H21ClN4O2S. The van der Waals surface area contributed by atoms with Gasteiger partial charge in [0.2, 0.25) is 10.0 Å². The number of anilines is 1. The van der Waals surface area contributed by atoms with Crippen LogP contribution in [0.5, 0.6) is 0 Å². The van der Waals surface area contributed by atoms with E-state index >= 15 is 0 Å². The predicted molar refractivity (Wildman–Crippen MR) is 95.2 cm³/mol. The van der Waals surface area contributed by atoms with Crippen molar-refractivity contribution in [1.82, 2.24) is 14.5 Å². The summed E-state index contributed by atoms with van der Waals surface area (Å²) in [6, 6.07) is 5.81. The highest BCUT2D eigenvalue weighted by molar-refractivity contribution is 7.89. The Morgan fingerprint density at radius 3 is 2.38 bits per heavy atom. The number of H-pyrrole nitrogens is 1. The summed E-state index contributed by atoms with van der Waals surface area (Å²) >= 11 is 6.19. The van der Waals surface area contributed by atoms with Gasteiger partial charge < -0.3 is 4.90 Å². The number of hydrogen-bond acceptors (Lipinski definition) is 4. The zero-order valence-electron chi connectivity index (χ0n) is 14.0. The molecule has 1 aliphatic rings. The number of nitrogens with one attached hydrogen (secondary N) is 1. The molecule has 130 valence electrons. The van der Waals surface area contributed by atoms with Gasteiger partial charge >= 0.3 is 0 Å². The Labute approximate surface area is 147 Å². The number of benzene rings is 1. The third kappa shape index (κ3) is 2.92. The Hall–Kier alpha value is -1.57.